The van der Waals surface area contributed by atoms with Crippen LogP contribution in [0, 0.1) is 0 Å². The molecule has 14 rings (SSSR count). The van der Waals surface area contributed by atoms with Crippen molar-refractivity contribution in [3.63, 3.8) is 0 Å². The molecule has 0 saturated carbocycles. The Morgan fingerprint density at radius 3 is 1.63 bits per heavy atom. The minimum absolute atomic E-state index is 0.518. The highest BCUT2D eigenvalue weighted by Gasteiger charge is 2.23. The number of rotatable bonds is 4. The highest BCUT2D eigenvalue weighted by atomic mass is 32.1. The molecule has 0 aliphatic heterocycles. The van der Waals surface area contributed by atoms with E-state index in [1.54, 1.807) is 0 Å². The highest BCUT2D eigenvalue weighted by molar-refractivity contribution is 7.25. The van der Waals surface area contributed by atoms with Crippen molar-refractivity contribution in [3.8, 4) is 39.9 Å². The number of aromatic nitrogens is 4. The Hall–Kier alpha value is -8.13. The van der Waals surface area contributed by atoms with E-state index in [0.29, 0.717) is 17.6 Å². The SMILES string of the molecule is CCC.c1ccc2cc3c(cc2c1)c1cccc(-c2ccc4sc5ccccc5c4c2)c1n3-c1nc(-c2ccc3c(c2)oc2ccccc23)nc(-c2ccc3c(c2)oc2ccccc23)n1. The molecule has 0 bridgehead atoms. The molecule has 0 amide bonds. The van der Waals surface area contributed by atoms with Crippen LogP contribution in [0.5, 0.6) is 0 Å². The largest absolute Gasteiger partial charge is 0.456 e. The molecule has 0 fully saturated rings. The first kappa shape index (κ1) is 37.4. The van der Waals surface area contributed by atoms with Crippen LogP contribution in [0.1, 0.15) is 20.3 Å². The van der Waals surface area contributed by atoms with Gasteiger partial charge in [0.25, 0.3) is 0 Å². The first-order chi connectivity index (χ1) is 32.1. The maximum Gasteiger partial charge on any atom is 0.238 e. The normalized spacial score (nSPS) is 11.9. The van der Waals surface area contributed by atoms with Crippen LogP contribution in [0.3, 0.4) is 0 Å². The van der Waals surface area contributed by atoms with Crippen molar-refractivity contribution < 1.29 is 8.83 Å². The zero-order chi connectivity index (χ0) is 43.2. The van der Waals surface area contributed by atoms with Crippen molar-refractivity contribution in [1.82, 2.24) is 19.5 Å². The number of nitrogens with zero attached hydrogens (tertiary/aromatic N) is 4. The molecule has 5 heterocycles. The minimum atomic E-state index is 0.518. The Bertz CT molecular complexity index is 4080. The summed E-state index contributed by atoms with van der Waals surface area (Å²) in [5.41, 5.74) is 9.15. The maximum atomic E-state index is 6.39. The van der Waals surface area contributed by atoms with Gasteiger partial charge in [-0.2, -0.15) is 9.97 Å². The number of hydrogen-bond donors (Lipinski definition) is 0. The van der Waals surface area contributed by atoms with Crippen LogP contribution in [0.2, 0.25) is 0 Å². The van der Waals surface area contributed by atoms with Gasteiger partial charge in [0.1, 0.15) is 22.3 Å². The average Bonchev–Trinajstić information content (AvgIpc) is 4.11. The Kier molecular flexibility index (Phi) is 8.48. The molecular weight excluding hydrogens is 817 g/mol. The summed E-state index contributed by atoms with van der Waals surface area (Å²) in [6.07, 6.45) is 1.25. The second kappa shape index (κ2) is 14.7. The number of thiophene rings is 1. The molecule has 14 aromatic rings. The first-order valence-corrected chi connectivity index (χ1v) is 22.9. The fourth-order valence-corrected chi connectivity index (χ4v) is 10.6. The van der Waals surface area contributed by atoms with E-state index in [4.69, 9.17) is 23.8 Å². The van der Waals surface area contributed by atoms with Crippen LogP contribution in [-0.4, -0.2) is 19.5 Å². The lowest BCUT2D eigenvalue weighted by Gasteiger charge is -2.13. The van der Waals surface area contributed by atoms with Gasteiger partial charge in [0.15, 0.2) is 11.6 Å². The molecule has 0 unspecified atom stereocenters. The van der Waals surface area contributed by atoms with E-state index in [2.05, 4.69) is 152 Å². The smallest absolute Gasteiger partial charge is 0.238 e. The first-order valence-electron chi connectivity index (χ1n) is 22.1. The zero-order valence-corrected chi connectivity index (χ0v) is 36.4. The molecule has 6 nitrogen and oxygen atoms in total. The topological polar surface area (TPSA) is 69.9 Å². The van der Waals surface area contributed by atoms with Crippen LogP contribution < -0.4 is 0 Å². The average molecular weight is 855 g/mol. The van der Waals surface area contributed by atoms with Gasteiger partial charge >= 0.3 is 0 Å². The Balaban J connectivity index is 0.00000138. The molecule has 0 spiro atoms. The minimum Gasteiger partial charge on any atom is -0.456 e. The van der Waals surface area contributed by atoms with Gasteiger partial charge in [-0.15, -0.1) is 11.3 Å². The molecule has 0 radical (unpaired) electrons. The van der Waals surface area contributed by atoms with Gasteiger partial charge in [-0.1, -0.05) is 136 Å². The van der Waals surface area contributed by atoms with E-state index >= 15 is 0 Å². The molecule has 0 N–H and O–H groups in total. The van der Waals surface area contributed by atoms with Crippen molar-refractivity contribution in [2.75, 3.05) is 0 Å². The molecule has 0 aliphatic carbocycles. The summed E-state index contributed by atoms with van der Waals surface area (Å²) in [5, 5.41) is 11.3. The summed E-state index contributed by atoms with van der Waals surface area (Å²) in [6.45, 7) is 4.25. The number of benzene rings is 9. The highest BCUT2D eigenvalue weighted by Crippen LogP contribution is 2.43. The van der Waals surface area contributed by atoms with Gasteiger partial charge < -0.3 is 8.83 Å². The lowest BCUT2D eigenvalue weighted by atomic mass is 9.99. The number of furan rings is 2. The monoisotopic (exact) mass is 854 g/mol. The van der Waals surface area contributed by atoms with Crippen molar-refractivity contribution in [3.05, 3.63) is 182 Å². The maximum absolute atomic E-state index is 6.39. The second-order valence-electron chi connectivity index (χ2n) is 16.7. The van der Waals surface area contributed by atoms with E-state index in [1.165, 1.54) is 32.0 Å². The third-order valence-corrected chi connectivity index (χ3v) is 13.6. The molecule has 9 aromatic carbocycles. The number of fused-ring (bicyclic) bond motifs is 13. The fourth-order valence-electron chi connectivity index (χ4n) is 9.54. The lowest BCUT2D eigenvalue weighted by molar-refractivity contribution is 0.668. The lowest BCUT2D eigenvalue weighted by Crippen LogP contribution is -2.07. The van der Waals surface area contributed by atoms with E-state index < -0.39 is 0 Å². The van der Waals surface area contributed by atoms with E-state index in [0.717, 1.165) is 93.3 Å². The van der Waals surface area contributed by atoms with E-state index in [9.17, 15) is 0 Å². The van der Waals surface area contributed by atoms with Gasteiger partial charge in [0, 0.05) is 69.2 Å². The summed E-state index contributed by atoms with van der Waals surface area (Å²) in [6, 6.07) is 64.0. The molecule has 65 heavy (non-hydrogen) atoms. The second-order valence-corrected chi connectivity index (χ2v) is 17.8. The van der Waals surface area contributed by atoms with Crippen molar-refractivity contribution >= 4 is 108 Å². The molecule has 0 aliphatic rings. The molecule has 0 saturated heterocycles. The third-order valence-electron chi connectivity index (χ3n) is 12.4. The third kappa shape index (κ3) is 5.96. The van der Waals surface area contributed by atoms with Crippen molar-refractivity contribution in [2.45, 2.75) is 20.3 Å². The summed E-state index contributed by atoms with van der Waals surface area (Å²) < 4.78 is 17.6. The summed E-state index contributed by atoms with van der Waals surface area (Å²) in [4.78, 5) is 16.0. The van der Waals surface area contributed by atoms with Gasteiger partial charge in [0.2, 0.25) is 5.95 Å². The predicted molar refractivity (Wildman–Crippen MR) is 271 cm³/mol. The molecule has 7 heteroatoms. The summed E-state index contributed by atoms with van der Waals surface area (Å²) in [5.74, 6) is 1.59. The van der Waals surface area contributed by atoms with Crippen LogP contribution in [0.4, 0.5) is 0 Å². The Morgan fingerprint density at radius 2 is 0.954 bits per heavy atom. The van der Waals surface area contributed by atoms with Gasteiger partial charge in [-0.05, 0) is 83.1 Å². The van der Waals surface area contributed by atoms with Crippen molar-refractivity contribution in [1.29, 1.82) is 0 Å². The van der Waals surface area contributed by atoms with Crippen LogP contribution in [-0.2, 0) is 0 Å². The predicted octanol–water partition coefficient (Wildman–Crippen LogP) is 16.7. The molecular formula is C58H38N4O2S. The van der Waals surface area contributed by atoms with Crippen LogP contribution in [0.15, 0.2) is 191 Å². The fraction of sp³-hybridized carbons (Fsp3) is 0.0517. The number of para-hydroxylation sites is 3. The van der Waals surface area contributed by atoms with Crippen LogP contribution >= 0.6 is 11.3 Å². The Labute approximate surface area is 376 Å². The zero-order valence-electron chi connectivity index (χ0n) is 35.5. The quantitative estimate of drug-likeness (QED) is 0.176. The van der Waals surface area contributed by atoms with Gasteiger partial charge in [0.05, 0.1) is 11.0 Å². The van der Waals surface area contributed by atoms with Crippen LogP contribution in [0.25, 0.3) is 136 Å². The van der Waals surface area contributed by atoms with E-state index in [1.807, 2.05) is 59.9 Å². The van der Waals surface area contributed by atoms with Gasteiger partial charge in [-0.25, -0.2) is 4.98 Å². The standard InChI is InChI=1S/C55H30N4O2S.C3H8/c1-2-11-32-28-45-43(26-31(32)10-1)42-16-9-15-36(33-22-25-51-44(27-33)41-14-5-8-19-50(41)62-51)52(42)59(45)55-57-53(34-20-23-39-37-12-3-6-17-46(37)60-48(39)29-34)56-54(58-55)35-21-24-40-38-13-4-7-18-47(38)61-49(40)30-35;1-3-2/h1-30H;3H2,1-2H3. The van der Waals surface area contributed by atoms with Crippen molar-refractivity contribution in [2.24, 2.45) is 0 Å². The Morgan fingerprint density at radius 1 is 0.415 bits per heavy atom. The molecule has 0 atom stereocenters. The molecule has 308 valence electrons. The number of hydrogen-bond acceptors (Lipinski definition) is 6. The summed E-state index contributed by atoms with van der Waals surface area (Å²) in [7, 11) is 0. The molecule has 5 aromatic heterocycles. The van der Waals surface area contributed by atoms with E-state index in [-0.39, 0.29) is 0 Å². The van der Waals surface area contributed by atoms with Gasteiger partial charge in [-0.3, -0.25) is 4.57 Å². The summed E-state index contributed by atoms with van der Waals surface area (Å²) >= 11 is 1.83.